The minimum atomic E-state index is -1.07. The lowest BCUT2D eigenvalue weighted by atomic mass is 10.3. The van der Waals surface area contributed by atoms with Gasteiger partial charge in [-0.25, -0.2) is 9.37 Å². The van der Waals surface area contributed by atoms with Crippen molar-refractivity contribution in [3.8, 4) is 11.6 Å². The van der Waals surface area contributed by atoms with Gasteiger partial charge in [0.2, 0.25) is 11.7 Å². The standard InChI is InChI=1S/C14H10BrClF2N2O/c1-6-12(16)19-13(7-2-3-7)20-14(6)21-10-5-8(15)4-9(17)11(10)18/h4-5,7H,2-3H2,1H3. The zero-order valence-electron chi connectivity index (χ0n) is 11.0. The van der Waals surface area contributed by atoms with Crippen LogP contribution in [0.1, 0.15) is 30.1 Å². The summed E-state index contributed by atoms with van der Waals surface area (Å²) in [5.41, 5.74) is 0.487. The van der Waals surface area contributed by atoms with Gasteiger partial charge in [0.05, 0.1) is 0 Å². The van der Waals surface area contributed by atoms with E-state index < -0.39 is 11.6 Å². The van der Waals surface area contributed by atoms with Gasteiger partial charge < -0.3 is 4.74 Å². The summed E-state index contributed by atoms with van der Waals surface area (Å²) >= 11 is 9.15. The molecule has 0 radical (unpaired) electrons. The summed E-state index contributed by atoms with van der Waals surface area (Å²) < 4.78 is 33.0. The van der Waals surface area contributed by atoms with Crippen LogP contribution in [0.25, 0.3) is 0 Å². The summed E-state index contributed by atoms with van der Waals surface area (Å²) in [6, 6.07) is 2.36. The Morgan fingerprint density at radius 3 is 2.67 bits per heavy atom. The van der Waals surface area contributed by atoms with Crippen molar-refractivity contribution < 1.29 is 13.5 Å². The number of halogens is 4. The molecule has 0 saturated heterocycles. The lowest BCUT2D eigenvalue weighted by Gasteiger charge is -2.11. The molecule has 1 aromatic heterocycles. The molecule has 3 nitrogen and oxygen atoms in total. The van der Waals surface area contributed by atoms with Crippen LogP contribution in [0.2, 0.25) is 5.15 Å². The van der Waals surface area contributed by atoms with Crippen molar-refractivity contribution in [2.24, 2.45) is 0 Å². The largest absolute Gasteiger partial charge is 0.435 e. The summed E-state index contributed by atoms with van der Waals surface area (Å²) in [7, 11) is 0. The molecular formula is C14H10BrClF2N2O. The summed E-state index contributed by atoms with van der Waals surface area (Å²) in [6.07, 6.45) is 2.00. The van der Waals surface area contributed by atoms with Gasteiger partial charge in [0.25, 0.3) is 0 Å². The average Bonchev–Trinajstić information content (AvgIpc) is 3.24. The van der Waals surface area contributed by atoms with Crippen LogP contribution in [-0.2, 0) is 0 Å². The topological polar surface area (TPSA) is 35.0 Å². The van der Waals surface area contributed by atoms with Crippen LogP contribution in [0.4, 0.5) is 8.78 Å². The SMILES string of the molecule is Cc1c(Cl)nc(C2CC2)nc1Oc1cc(Br)cc(F)c1F. The van der Waals surface area contributed by atoms with Crippen LogP contribution < -0.4 is 4.74 Å². The fourth-order valence-electron chi connectivity index (χ4n) is 1.82. The Balaban J connectivity index is 2.01. The molecule has 0 spiro atoms. The maximum Gasteiger partial charge on any atom is 0.227 e. The number of ether oxygens (including phenoxy) is 1. The molecule has 0 unspecified atom stereocenters. The highest BCUT2D eigenvalue weighted by atomic mass is 79.9. The van der Waals surface area contributed by atoms with E-state index in [0.29, 0.717) is 15.9 Å². The number of nitrogens with zero attached hydrogens (tertiary/aromatic N) is 2. The van der Waals surface area contributed by atoms with Gasteiger partial charge in [0.1, 0.15) is 11.0 Å². The van der Waals surface area contributed by atoms with Gasteiger partial charge in [-0.1, -0.05) is 27.5 Å². The molecule has 2 aromatic rings. The van der Waals surface area contributed by atoms with Crippen LogP contribution in [-0.4, -0.2) is 9.97 Å². The van der Waals surface area contributed by atoms with E-state index in [1.807, 2.05) is 0 Å². The van der Waals surface area contributed by atoms with Gasteiger partial charge in [0.15, 0.2) is 11.6 Å². The third kappa shape index (κ3) is 3.01. The van der Waals surface area contributed by atoms with E-state index in [2.05, 4.69) is 25.9 Å². The summed E-state index contributed by atoms with van der Waals surface area (Å²) in [5, 5.41) is 0.262. The summed E-state index contributed by atoms with van der Waals surface area (Å²) in [5.74, 6) is -1.32. The molecule has 1 saturated carbocycles. The molecule has 3 rings (SSSR count). The molecule has 0 atom stereocenters. The average molecular weight is 376 g/mol. The Morgan fingerprint density at radius 2 is 2.00 bits per heavy atom. The molecule has 1 heterocycles. The fourth-order valence-corrected chi connectivity index (χ4v) is 2.40. The van der Waals surface area contributed by atoms with Gasteiger partial charge in [-0.15, -0.1) is 0 Å². The van der Waals surface area contributed by atoms with Crippen LogP contribution in [0.3, 0.4) is 0 Å². The molecule has 0 bridgehead atoms. The first-order chi connectivity index (χ1) is 9.95. The first-order valence-corrected chi connectivity index (χ1v) is 7.49. The Bertz CT molecular complexity index is 723. The van der Waals surface area contributed by atoms with Gasteiger partial charge in [-0.2, -0.15) is 9.37 Å². The zero-order valence-corrected chi connectivity index (χ0v) is 13.3. The third-order valence-electron chi connectivity index (χ3n) is 3.17. The lowest BCUT2D eigenvalue weighted by molar-refractivity contribution is 0.400. The second-order valence-corrected chi connectivity index (χ2v) is 6.15. The van der Waals surface area contributed by atoms with Crippen molar-refractivity contribution in [3.05, 3.63) is 44.8 Å². The molecular weight excluding hydrogens is 366 g/mol. The molecule has 21 heavy (non-hydrogen) atoms. The third-order valence-corrected chi connectivity index (χ3v) is 3.99. The summed E-state index contributed by atoms with van der Waals surface area (Å²) in [4.78, 5) is 8.46. The van der Waals surface area contributed by atoms with Crippen LogP contribution >= 0.6 is 27.5 Å². The minimum absolute atomic E-state index is 0.147. The predicted octanol–water partition coefficient (Wildman–Crippen LogP) is 5.15. The van der Waals surface area contributed by atoms with Crippen molar-refractivity contribution >= 4 is 27.5 Å². The van der Waals surface area contributed by atoms with Crippen LogP contribution in [0, 0.1) is 18.6 Å². The first-order valence-electron chi connectivity index (χ1n) is 6.32. The van der Waals surface area contributed by atoms with Crippen molar-refractivity contribution in [2.45, 2.75) is 25.7 Å². The molecule has 7 heteroatoms. The van der Waals surface area contributed by atoms with E-state index in [1.165, 1.54) is 6.07 Å². The molecule has 0 N–H and O–H groups in total. The van der Waals surface area contributed by atoms with Crippen molar-refractivity contribution in [1.29, 1.82) is 0 Å². The molecule has 110 valence electrons. The normalized spacial score (nSPS) is 14.3. The molecule has 1 aliphatic carbocycles. The molecule has 1 aliphatic rings. The van der Waals surface area contributed by atoms with Gasteiger partial charge in [-0.3, -0.25) is 0 Å². The van der Waals surface area contributed by atoms with E-state index >= 15 is 0 Å². The zero-order chi connectivity index (χ0) is 15.1. The van der Waals surface area contributed by atoms with E-state index in [1.54, 1.807) is 6.92 Å². The number of aromatic nitrogens is 2. The van der Waals surface area contributed by atoms with Crippen molar-refractivity contribution in [3.63, 3.8) is 0 Å². The van der Waals surface area contributed by atoms with Gasteiger partial charge in [-0.05, 0) is 31.9 Å². The predicted molar refractivity (Wildman–Crippen MR) is 77.9 cm³/mol. The quantitative estimate of drug-likeness (QED) is 0.550. The monoisotopic (exact) mass is 374 g/mol. The van der Waals surface area contributed by atoms with E-state index in [4.69, 9.17) is 16.3 Å². The number of rotatable bonds is 3. The molecule has 0 amide bonds. The van der Waals surface area contributed by atoms with E-state index in [0.717, 1.165) is 18.9 Å². The highest BCUT2D eigenvalue weighted by molar-refractivity contribution is 9.10. The smallest absolute Gasteiger partial charge is 0.227 e. The molecule has 1 aromatic carbocycles. The maximum absolute atomic E-state index is 13.8. The summed E-state index contributed by atoms with van der Waals surface area (Å²) in [6.45, 7) is 1.67. The van der Waals surface area contributed by atoms with Gasteiger partial charge >= 0.3 is 0 Å². The number of hydrogen-bond acceptors (Lipinski definition) is 3. The molecule has 0 aliphatic heterocycles. The highest BCUT2D eigenvalue weighted by Gasteiger charge is 2.28. The number of hydrogen-bond donors (Lipinski definition) is 0. The maximum atomic E-state index is 13.8. The fraction of sp³-hybridized carbons (Fsp3) is 0.286. The highest BCUT2D eigenvalue weighted by Crippen LogP contribution is 2.40. The Hall–Kier alpha value is -1.27. The Labute approximate surface area is 133 Å². The van der Waals surface area contributed by atoms with Crippen LogP contribution in [0.15, 0.2) is 16.6 Å². The Kier molecular flexibility index (Phi) is 3.84. The van der Waals surface area contributed by atoms with E-state index in [-0.39, 0.29) is 22.7 Å². The second kappa shape index (κ2) is 5.50. The van der Waals surface area contributed by atoms with Crippen molar-refractivity contribution in [1.82, 2.24) is 9.97 Å². The first kappa shape index (κ1) is 14.7. The molecule has 1 fully saturated rings. The Morgan fingerprint density at radius 1 is 1.29 bits per heavy atom. The lowest BCUT2D eigenvalue weighted by Crippen LogP contribution is -2.01. The van der Waals surface area contributed by atoms with Crippen molar-refractivity contribution in [2.75, 3.05) is 0 Å². The second-order valence-electron chi connectivity index (χ2n) is 4.88. The van der Waals surface area contributed by atoms with Crippen LogP contribution in [0.5, 0.6) is 11.6 Å². The minimum Gasteiger partial charge on any atom is -0.435 e. The number of benzene rings is 1. The van der Waals surface area contributed by atoms with E-state index in [9.17, 15) is 8.78 Å². The van der Waals surface area contributed by atoms with Gasteiger partial charge in [0, 0.05) is 16.0 Å².